The van der Waals surface area contributed by atoms with Gasteiger partial charge in [0.2, 0.25) is 0 Å². The molecular formula is C20H21N3O2. The van der Waals surface area contributed by atoms with Crippen molar-refractivity contribution in [2.45, 2.75) is 6.92 Å². The molecule has 1 amide bonds. The van der Waals surface area contributed by atoms with E-state index in [0.29, 0.717) is 12.3 Å². The molecule has 0 unspecified atom stereocenters. The van der Waals surface area contributed by atoms with Gasteiger partial charge in [-0.05, 0) is 55.0 Å². The van der Waals surface area contributed by atoms with E-state index in [1.165, 1.54) is 0 Å². The van der Waals surface area contributed by atoms with Gasteiger partial charge in [0.15, 0.2) is 0 Å². The summed E-state index contributed by atoms with van der Waals surface area (Å²) in [5.41, 5.74) is 2.48. The molecule has 0 aromatic heterocycles. The maximum absolute atomic E-state index is 12.3. The van der Waals surface area contributed by atoms with Crippen LogP contribution in [0, 0.1) is 11.3 Å². The summed E-state index contributed by atoms with van der Waals surface area (Å²) in [6.45, 7) is 2.50. The first-order valence-corrected chi connectivity index (χ1v) is 7.97. The van der Waals surface area contributed by atoms with Crippen molar-refractivity contribution >= 4 is 23.4 Å². The molecule has 0 aliphatic rings. The Morgan fingerprint density at radius 1 is 1.16 bits per heavy atom. The number of rotatable bonds is 6. The Kier molecular flexibility index (Phi) is 6.19. The predicted molar refractivity (Wildman–Crippen MR) is 101 cm³/mol. The lowest BCUT2D eigenvalue weighted by molar-refractivity contribution is -0.112. The molecule has 0 aliphatic carbocycles. The molecule has 0 aliphatic heterocycles. The van der Waals surface area contributed by atoms with Gasteiger partial charge in [-0.25, -0.2) is 0 Å². The average molecular weight is 335 g/mol. The van der Waals surface area contributed by atoms with Crippen LogP contribution in [0.25, 0.3) is 6.08 Å². The van der Waals surface area contributed by atoms with Crippen LogP contribution in [-0.2, 0) is 4.79 Å². The van der Waals surface area contributed by atoms with E-state index in [1.54, 1.807) is 18.2 Å². The summed E-state index contributed by atoms with van der Waals surface area (Å²) in [5, 5.41) is 12.0. The monoisotopic (exact) mass is 335 g/mol. The van der Waals surface area contributed by atoms with Crippen molar-refractivity contribution in [1.82, 2.24) is 0 Å². The number of nitrogens with one attached hydrogen (secondary N) is 1. The largest absolute Gasteiger partial charge is 0.494 e. The maximum atomic E-state index is 12.3. The SMILES string of the molecule is CCOc1ccc(/C=C(\C#N)C(=O)Nc2ccc(N(C)C)cc2)cc1. The van der Waals surface area contributed by atoms with Crippen molar-refractivity contribution in [1.29, 1.82) is 5.26 Å². The molecule has 2 aromatic rings. The lowest BCUT2D eigenvalue weighted by Crippen LogP contribution is -2.14. The van der Waals surface area contributed by atoms with E-state index in [1.807, 2.05) is 68.4 Å². The van der Waals surface area contributed by atoms with E-state index in [9.17, 15) is 10.1 Å². The van der Waals surface area contributed by atoms with Crippen molar-refractivity contribution in [3.05, 3.63) is 59.7 Å². The third-order valence-corrected chi connectivity index (χ3v) is 3.51. The molecule has 0 spiro atoms. The molecule has 0 saturated carbocycles. The molecule has 1 N–H and O–H groups in total. The lowest BCUT2D eigenvalue weighted by atomic mass is 10.1. The third kappa shape index (κ3) is 5.11. The van der Waals surface area contributed by atoms with Crippen LogP contribution in [0.3, 0.4) is 0 Å². The van der Waals surface area contributed by atoms with Crippen LogP contribution in [0.2, 0.25) is 0 Å². The van der Waals surface area contributed by atoms with Crippen LogP contribution in [0.5, 0.6) is 5.75 Å². The van der Waals surface area contributed by atoms with E-state index in [-0.39, 0.29) is 5.57 Å². The van der Waals surface area contributed by atoms with Crippen molar-refractivity contribution in [2.75, 3.05) is 30.9 Å². The number of nitrogens with zero attached hydrogens (tertiary/aromatic N) is 2. The lowest BCUT2D eigenvalue weighted by Gasteiger charge is -2.13. The van der Waals surface area contributed by atoms with Gasteiger partial charge in [-0.15, -0.1) is 0 Å². The zero-order valence-corrected chi connectivity index (χ0v) is 14.6. The summed E-state index contributed by atoms with van der Waals surface area (Å²) < 4.78 is 5.38. The van der Waals surface area contributed by atoms with Crippen LogP contribution >= 0.6 is 0 Å². The van der Waals surface area contributed by atoms with Gasteiger partial charge in [0, 0.05) is 25.5 Å². The average Bonchev–Trinajstić information content (AvgIpc) is 2.61. The number of hydrogen-bond acceptors (Lipinski definition) is 4. The van der Waals surface area contributed by atoms with Gasteiger partial charge in [-0.1, -0.05) is 12.1 Å². The van der Waals surface area contributed by atoms with Crippen molar-refractivity contribution in [3.8, 4) is 11.8 Å². The normalized spacial score (nSPS) is 10.7. The highest BCUT2D eigenvalue weighted by Crippen LogP contribution is 2.18. The summed E-state index contributed by atoms with van der Waals surface area (Å²) in [5.74, 6) is 0.317. The molecule has 25 heavy (non-hydrogen) atoms. The van der Waals surface area contributed by atoms with E-state index in [0.717, 1.165) is 17.0 Å². The van der Waals surface area contributed by atoms with Crippen molar-refractivity contribution in [2.24, 2.45) is 0 Å². The maximum Gasteiger partial charge on any atom is 0.266 e. The van der Waals surface area contributed by atoms with Crippen molar-refractivity contribution < 1.29 is 9.53 Å². The second-order valence-corrected chi connectivity index (χ2v) is 5.57. The van der Waals surface area contributed by atoms with E-state index in [2.05, 4.69) is 5.32 Å². The number of amides is 1. The zero-order valence-electron chi connectivity index (χ0n) is 14.6. The van der Waals surface area contributed by atoms with Crippen LogP contribution in [0.1, 0.15) is 12.5 Å². The quantitative estimate of drug-likeness (QED) is 0.646. The van der Waals surface area contributed by atoms with Crippen LogP contribution in [-0.4, -0.2) is 26.6 Å². The fraction of sp³-hybridized carbons (Fsp3) is 0.200. The first kappa shape index (κ1) is 18.1. The number of benzene rings is 2. The van der Waals surface area contributed by atoms with Gasteiger partial charge in [-0.3, -0.25) is 4.79 Å². The van der Waals surface area contributed by atoms with Gasteiger partial charge in [0.05, 0.1) is 6.61 Å². The Hall–Kier alpha value is -3.26. The minimum absolute atomic E-state index is 0.0425. The van der Waals surface area contributed by atoms with Crippen LogP contribution in [0.15, 0.2) is 54.1 Å². The topological polar surface area (TPSA) is 65.4 Å². The Balaban J connectivity index is 2.10. The second-order valence-electron chi connectivity index (χ2n) is 5.57. The van der Waals surface area contributed by atoms with Crippen LogP contribution in [0.4, 0.5) is 11.4 Å². The van der Waals surface area contributed by atoms with Gasteiger partial charge < -0.3 is 15.0 Å². The number of anilines is 2. The van der Waals surface area contributed by atoms with Crippen molar-refractivity contribution in [3.63, 3.8) is 0 Å². The summed E-state index contributed by atoms with van der Waals surface area (Å²) in [4.78, 5) is 14.3. The van der Waals surface area contributed by atoms with Gasteiger partial charge in [0.25, 0.3) is 5.91 Å². The number of hydrogen-bond donors (Lipinski definition) is 1. The molecule has 2 rings (SSSR count). The van der Waals surface area contributed by atoms with E-state index >= 15 is 0 Å². The molecule has 0 radical (unpaired) electrons. The molecule has 0 bridgehead atoms. The first-order chi connectivity index (χ1) is 12.0. The molecule has 0 saturated heterocycles. The Morgan fingerprint density at radius 3 is 2.32 bits per heavy atom. The number of carbonyl (C=O) groups excluding carboxylic acids is 1. The van der Waals surface area contributed by atoms with Crippen LogP contribution < -0.4 is 15.0 Å². The highest BCUT2D eigenvalue weighted by molar-refractivity contribution is 6.09. The van der Waals surface area contributed by atoms with Gasteiger partial charge in [-0.2, -0.15) is 5.26 Å². The minimum atomic E-state index is -0.436. The van der Waals surface area contributed by atoms with E-state index in [4.69, 9.17) is 4.74 Å². The summed E-state index contributed by atoms with van der Waals surface area (Å²) in [6.07, 6.45) is 1.55. The third-order valence-electron chi connectivity index (χ3n) is 3.51. The molecule has 2 aromatic carbocycles. The highest BCUT2D eigenvalue weighted by Gasteiger charge is 2.09. The number of carbonyl (C=O) groups is 1. The molecule has 5 heteroatoms. The summed E-state index contributed by atoms with van der Waals surface area (Å²) in [6, 6.07) is 16.6. The molecule has 128 valence electrons. The number of ether oxygens (including phenoxy) is 1. The smallest absolute Gasteiger partial charge is 0.266 e. The fourth-order valence-corrected chi connectivity index (χ4v) is 2.18. The highest BCUT2D eigenvalue weighted by atomic mass is 16.5. The molecule has 0 fully saturated rings. The summed E-state index contributed by atoms with van der Waals surface area (Å²) in [7, 11) is 3.89. The summed E-state index contributed by atoms with van der Waals surface area (Å²) >= 11 is 0. The fourth-order valence-electron chi connectivity index (χ4n) is 2.18. The zero-order chi connectivity index (χ0) is 18.2. The molecule has 0 heterocycles. The second kappa shape index (κ2) is 8.55. The Labute approximate surface area is 148 Å². The molecular weight excluding hydrogens is 314 g/mol. The Morgan fingerprint density at radius 2 is 1.80 bits per heavy atom. The molecule has 0 atom stereocenters. The number of nitriles is 1. The predicted octanol–water partition coefficient (Wildman–Crippen LogP) is 3.70. The first-order valence-electron chi connectivity index (χ1n) is 7.97. The minimum Gasteiger partial charge on any atom is -0.494 e. The standard InChI is InChI=1S/C20H21N3O2/c1-4-25-19-11-5-15(6-12-19)13-16(14-21)20(24)22-17-7-9-18(10-8-17)23(2)3/h5-13H,4H2,1-3H3,(H,22,24)/b16-13+. The Bertz CT molecular complexity index is 785. The molecule has 5 nitrogen and oxygen atoms in total. The van der Waals surface area contributed by atoms with Gasteiger partial charge >= 0.3 is 0 Å². The van der Waals surface area contributed by atoms with Gasteiger partial charge in [0.1, 0.15) is 17.4 Å². The van der Waals surface area contributed by atoms with E-state index < -0.39 is 5.91 Å².